The Morgan fingerprint density at radius 3 is 2.84 bits per heavy atom. The van der Waals surface area contributed by atoms with Gasteiger partial charge >= 0.3 is 0 Å². The summed E-state index contributed by atoms with van der Waals surface area (Å²) in [6.45, 7) is 1.15. The van der Waals surface area contributed by atoms with Crippen LogP contribution in [-0.2, 0) is 14.3 Å². The lowest BCUT2D eigenvalue weighted by molar-refractivity contribution is -0.144. The molecule has 1 amide bonds. The number of para-hydroxylation sites is 2. The number of benzene rings is 1. The van der Waals surface area contributed by atoms with Crippen LogP contribution in [0.4, 0.5) is 11.4 Å². The van der Waals surface area contributed by atoms with Gasteiger partial charge < -0.3 is 25.2 Å². The maximum Gasteiger partial charge on any atom is 0.258 e. The minimum absolute atomic E-state index is 0.145. The van der Waals surface area contributed by atoms with Crippen LogP contribution >= 0.6 is 0 Å². The fourth-order valence-electron chi connectivity index (χ4n) is 1.99. The SMILES string of the molecule is Nc1ccccc1N(CCO)C(=O)C1COCCO1. The summed E-state index contributed by atoms with van der Waals surface area (Å²) in [5.74, 6) is -0.244. The molecule has 1 atom stereocenters. The van der Waals surface area contributed by atoms with E-state index in [2.05, 4.69) is 0 Å². The molecule has 19 heavy (non-hydrogen) atoms. The van der Waals surface area contributed by atoms with Gasteiger partial charge in [0.25, 0.3) is 5.91 Å². The fraction of sp³-hybridized carbons (Fsp3) is 0.462. The van der Waals surface area contributed by atoms with E-state index >= 15 is 0 Å². The lowest BCUT2D eigenvalue weighted by atomic mass is 10.2. The number of hydrogen-bond donors (Lipinski definition) is 2. The van der Waals surface area contributed by atoms with E-state index in [1.54, 1.807) is 24.3 Å². The average Bonchev–Trinajstić information content (AvgIpc) is 2.46. The molecule has 0 aromatic heterocycles. The van der Waals surface area contributed by atoms with Gasteiger partial charge in [0.05, 0.1) is 37.8 Å². The standard InChI is InChI=1S/C13H18N2O4/c14-10-3-1-2-4-11(10)15(5-6-16)13(17)12-9-18-7-8-19-12/h1-4,12,16H,5-9,14H2. The van der Waals surface area contributed by atoms with Crippen molar-refractivity contribution in [2.45, 2.75) is 6.10 Å². The molecule has 1 aromatic carbocycles. The van der Waals surface area contributed by atoms with E-state index < -0.39 is 6.10 Å². The smallest absolute Gasteiger partial charge is 0.258 e. The van der Waals surface area contributed by atoms with Crippen molar-refractivity contribution in [3.05, 3.63) is 24.3 Å². The molecular weight excluding hydrogens is 248 g/mol. The highest BCUT2D eigenvalue weighted by atomic mass is 16.6. The number of rotatable bonds is 4. The summed E-state index contributed by atoms with van der Waals surface area (Å²) in [4.78, 5) is 13.8. The van der Waals surface area contributed by atoms with Crippen LogP contribution in [-0.4, -0.2) is 50.1 Å². The molecule has 6 heteroatoms. The quantitative estimate of drug-likeness (QED) is 0.750. The first-order chi connectivity index (χ1) is 9.24. The van der Waals surface area contributed by atoms with Gasteiger partial charge in [0.1, 0.15) is 0 Å². The number of hydrogen-bond acceptors (Lipinski definition) is 5. The monoisotopic (exact) mass is 266 g/mol. The van der Waals surface area contributed by atoms with Crippen molar-refractivity contribution in [3.63, 3.8) is 0 Å². The van der Waals surface area contributed by atoms with Crippen molar-refractivity contribution in [2.75, 3.05) is 43.6 Å². The number of aliphatic hydroxyl groups excluding tert-OH is 1. The predicted octanol–water partition coefficient (Wildman–Crippen LogP) is 0.00950. The van der Waals surface area contributed by atoms with Crippen LogP contribution in [0.2, 0.25) is 0 Å². The van der Waals surface area contributed by atoms with E-state index in [0.717, 1.165) is 0 Å². The summed E-state index contributed by atoms with van der Waals surface area (Å²) in [5, 5.41) is 9.13. The van der Waals surface area contributed by atoms with Gasteiger partial charge in [-0.3, -0.25) is 4.79 Å². The Bertz CT molecular complexity index is 432. The number of nitrogens with zero attached hydrogens (tertiary/aromatic N) is 1. The minimum Gasteiger partial charge on any atom is -0.397 e. The van der Waals surface area contributed by atoms with Crippen LogP contribution < -0.4 is 10.6 Å². The first-order valence-electron chi connectivity index (χ1n) is 6.20. The third-order valence-electron chi connectivity index (χ3n) is 2.91. The summed E-state index contributed by atoms with van der Waals surface area (Å²) in [7, 11) is 0. The normalized spacial score (nSPS) is 19.1. The second-order valence-corrected chi connectivity index (χ2v) is 4.21. The van der Waals surface area contributed by atoms with Gasteiger partial charge in [0.2, 0.25) is 0 Å². The average molecular weight is 266 g/mol. The second kappa shape index (κ2) is 6.51. The molecule has 104 valence electrons. The third-order valence-corrected chi connectivity index (χ3v) is 2.91. The zero-order valence-electron chi connectivity index (χ0n) is 10.6. The third kappa shape index (κ3) is 3.23. The molecule has 1 aromatic rings. The molecule has 6 nitrogen and oxygen atoms in total. The van der Waals surface area contributed by atoms with Gasteiger partial charge in [-0.05, 0) is 12.1 Å². The molecule has 0 spiro atoms. The van der Waals surface area contributed by atoms with Crippen molar-refractivity contribution in [3.8, 4) is 0 Å². The fourth-order valence-corrected chi connectivity index (χ4v) is 1.99. The highest BCUT2D eigenvalue weighted by Crippen LogP contribution is 2.23. The maximum absolute atomic E-state index is 12.4. The molecule has 1 aliphatic heterocycles. The van der Waals surface area contributed by atoms with Crippen LogP contribution in [0.1, 0.15) is 0 Å². The number of anilines is 2. The van der Waals surface area contributed by atoms with Crippen molar-refractivity contribution >= 4 is 17.3 Å². The van der Waals surface area contributed by atoms with Crippen molar-refractivity contribution < 1.29 is 19.4 Å². The molecule has 1 heterocycles. The van der Waals surface area contributed by atoms with E-state index in [9.17, 15) is 4.79 Å². The summed E-state index contributed by atoms with van der Waals surface area (Å²) in [6, 6.07) is 7.04. The molecule has 1 fully saturated rings. The number of nitrogens with two attached hydrogens (primary N) is 1. The van der Waals surface area contributed by atoms with Gasteiger partial charge in [-0.15, -0.1) is 0 Å². The molecule has 0 radical (unpaired) electrons. The largest absolute Gasteiger partial charge is 0.397 e. The topological polar surface area (TPSA) is 85.0 Å². The van der Waals surface area contributed by atoms with Gasteiger partial charge in [-0.2, -0.15) is 0 Å². The number of ether oxygens (including phenoxy) is 2. The van der Waals surface area contributed by atoms with Crippen molar-refractivity contribution in [2.24, 2.45) is 0 Å². The van der Waals surface area contributed by atoms with Crippen LogP contribution in [0, 0.1) is 0 Å². The van der Waals surface area contributed by atoms with Crippen LogP contribution in [0.15, 0.2) is 24.3 Å². The molecule has 0 saturated carbocycles. The maximum atomic E-state index is 12.4. The molecule has 3 N–H and O–H groups in total. The van der Waals surface area contributed by atoms with Gasteiger partial charge in [-0.25, -0.2) is 0 Å². The van der Waals surface area contributed by atoms with Gasteiger partial charge in [0.15, 0.2) is 6.10 Å². The Balaban J connectivity index is 2.19. The summed E-state index contributed by atoms with van der Waals surface area (Å²) >= 11 is 0. The van der Waals surface area contributed by atoms with Gasteiger partial charge in [0, 0.05) is 6.54 Å². The first kappa shape index (κ1) is 13.8. The van der Waals surface area contributed by atoms with Crippen LogP contribution in [0.3, 0.4) is 0 Å². The molecule has 1 aliphatic rings. The molecule has 0 aliphatic carbocycles. The first-order valence-corrected chi connectivity index (χ1v) is 6.20. The van der Waals surface area contributed by atoms with Crippen LogP contribution in [0.25, 0.3) is 0 Å². The Morgan fingerprint density at radius 1 is 1.42 bits per heavy atom. The zero-order chi connectivity index (χ0) is 13.7. The minimum atomic E-state index is -0.639. The number of carbonyl (C=O) groups is 1. The Kier molecular flexibility index (Phi) is 4.73. The van der Waals surface area contributed by atoms with Crippen molar-refractivity contribution in [1.29, 1.82) is 0 Å². The predicted molar refractivity (Wildman–Crippen MR) is 70.9 cm³/mol. The van der Waals surface area contributed by atoms with Crippen molar-refractivity contribution in [1.82, 2.24) is 0 Å². The Labute approximate surface area is 111 Å². The number of nitrogen functional groups attached to an aromatic ring is 1. The highest BCUT2D eigenvalue weighted by Gasteiger charge is 2.28. The lowest BCUT2D eigenvalue weighted by Gasteiger charge is -2.29. The number of amides is 1. The van der Waals surface area contributed by atoms with Gasteiger partial charge in [-0.1, -0.05) is 12.1 Å². The summed E-state index contributed by atoms with van der Waals surface area (Å²) in [5.41, 5.74) is 6.94. The molecule has 2 rings (SSSR count). The number of carbonyl (C=O) groups excluding carboxylic acids is 1. The second-order valence-electron chi connectivity index (χ2n) is 4.21. The van der Waals surface area contributed by atoms with E-state index in [4.69, 9.17) is 20.3 Å². The van der Waals surface area contributed by atoms with Crippen LogP contribution in [0.5, 0.6) is 0 Å². The Morgan fingerprint density at radius 2 is 2.21 bits per heavy atom. The zero-order valence-corrected chi connectivity index (χ0v) is 10.6. The highest BCUT2D eigenvalue weighted by molar-refractivity contribution is 5.99. The summed E-state index contributed by atoms with van der Waals surface area (Å²) < 4.78 is 10.6. The van der Waals surface area contributed by atoms with E-state index in [1.807, 2.05) is 0 Å². The molecule has 0 bridgehead atoms. The molecule has 1 unspecified atom stereocenters. The van der Waals surface area contributed by atoms with E-state index in [0.29, 0.717) is 24.6 Å². The lowest BCUT2D eigenvalue weighted by Crippen LogP contribution is -2.46. The number of aliphatic hydroxyl groups is 1. The summed E-state index contributed by atoms with van der Waals surface area (Å²) in [6.07, 6.45) is -0.639. The van der Waals surface area contributed by atoms with E-state index in [-0.39, 0.29) is 25.7 Å². The molecule has 1 saturated heterocycles. The molecular formula is C13H18N2O4. The Hall–Kier alpha value is -1.63. The van der Waals surface area contributed by atoms with E-state index in [1.165, 1.54) is 4.90 Å².